The molecule has 1 N–H and O–H groups in total. The van der Waals surface area contributed by atoms with Crippen molar-refractivity contribution in [2.45, 2.75) is 31.5 Å². The normalized spacial score (nSPS) is 30.1. The Bertz CT molecular complexity index is 600. The Morgan fingerprint density at radius 2 is 2.29 bits per heavy atom. The van der Waals surface area contributed by atoms with Gasteiger partial charge in [0.1, 0.15) is 5.60 Å². The van der Waals surface area contributed by atoms with Crippen molar-refractivity contribution in [2.75, 3.05) is 31.2 Å². The quantitative estimate of drug-likeness (QED) is 0.874. The van der Waals surface area contributed by atoms with Gasteiger partial charge in [0.15, 0.2) is 0 Å². The van der Waals surface area contributed by atoms with E-state index >= 15 is 0 Å². The number of fused-ring (bicyclic) bond motifs is 1. The van der Waals surface area contributed by atoms with Crippen molar-refractivity contribution in [3.63, 3.8) is 0 Å². The molecule has 2 fully saturated rings. The van der Waals surface area contributed by atoms with Gasteiger partial charge >= 0.3 is 0 Å². The van der Waals surface area contributed by atoms with E-state index in [4.69, 9.17) is 14.5 Å². The number of imidazole rings is 1. The molecule has 1 aromatic carbocycles. The molecule has 2 aliphatic rings. The predicted molar refractivity (Wildman–Crippen MR) is 81.6 cm³/mol. The van der Waals surface area contributed by atoms with E-state index in [1.165, 1.54) is 0 Å². The van der Waals surface area contributed by atoms with E-state index in [-0.39, 0.29) is 11.7 Å². The Hall–Kier alpha value is -1.59. The molecule has 112 valence electrons. The first kappa shape index (κ1) is 13.1. The molecule has 0 amide bonds. The lowest BCUT2D eigenvalue weighted by Crippen LogP contribution is -2.59. The molecular formula is C16H21N3O2. The van der Waals surface area contributed by atoms with E-state index in [0.717, 1.165) is 49.5 Å². The van der Waals surface area contributed by atoms with Crippen molar-refractivity contribution < 1.29 is 9.47 Å². The van der Waals surface area contributed by atoms with Crippen LogP contribution in [-0.2, 0) is 9.47 Å². The first-order chi connectivity index (χ1) is 10.2. The summed E-state index contributed by atoms with van der Waals surface area (Å²) >= 11 is 0. The molecule has 2 saturated heterocycles. The van der Waals surface area contributed by atoms with Crippen LogP contribution in [0.15, 0.2) is 24.3 Å². The number of hydrogen-bond acceptors (Lipinski definition) is 4. The van der Waals surface area contributed by atoms with Crippen molar-refractivity contribution >= 4 is 17.0 Å². The Labute approximate surface area is 124 Å². The molecular weight excluding hydrogens is 266 g/mol. The number of aromatic nitrogens is 2. The minimum Gasteiger partial charge on any atom is -0.378 e. The summed E-state index contributed by atoms with van der Waals surface area (Å²) < 4.78 is 11.9. The van der Waals surface area contributed by atoms with Gasteiger partial charge in [0.2, 0.25) is 5.95 Å². The number of morpholine rings is 1. The predicted octanol–water partition coefficient (Wildman–Crippen LogP) is 2.34. The lowest BCUT2D eigenvalue weighted by atomic mass is 9.93. The summed E-state index contributed by atoms with van der Waals surface area (Å²) in [5, 5.41) is 0. The number of ether oxygens (including phenoxy) is 2. The molecule has 1 aromatic heterocycles. The van der Waals surface area contributed by atoms with Gasteiger partial charge in [-0.25, -0.2) is 4.98 Å². The molecule has 0 aliphatic carbocycles. The molecule has 4 rings (SSSR count). The first-order valence-corrected chi connectivity index (χ1v) is 7.69. The van der Waals surface area contributed by atoms with Gasteiger partial charge in [-0.3, -0.25) is 0 Å². The molecule has 3 heterocycles. The minimum absolute atomic E-state index is 0.172. The van der Waals surface area contributed by atoms with Crippen molar-refractivity contribution in [3.8, 4) is 0 Å². The highest BCUT2D eigenvalue weighted by Gasteiger charge is 2.41. The third-order valence-electron chi connectivity index (χ3n) is 4.37. The summed E-state index contributed by atoms with van der Waals surface area (Å²) in [5.41, 5.74) is 1.93. The number of rotatable bonds is 1. The maximum atomic E-state index is 6.23. The molecule has 2 atom stereocenters. The summed E-state index contributed by atoms with van der Waals surface area (Å²) in [5.74, 6) is 0.941. The Balaban J connectivity index is 1.64. The Morgan fingerprint density at radius 1 is 1.38 bits per heavy atom. The molecule has 2 aliphatic heterocycles. The number of nitrogens with zero attached hydrogens (tertiary/aromatic N) is 2. The lowest BCUT2D eigenvalue weighted by molar-refractivity contribution is -0.160. The molecule has 2 unspecified atom stereocenters. The minimum atomic E-state index is -0.172. The Morgan fingerprint density at radius 3 is 3.10 bits per heavy atom. The van der Waals surface area contributed by atoms with E-state index < -0.39 is 0 Å². The van der Waals surface area contributed by atoms with Crippen LogP contribution in [0, 0.1) is 0 Å². The van der Waals surface area contributed by atoms with Crippen LogP contribution < -0.4 is 4.90 Å². The largest absolute Gasteiger partial charge is 0.378 e. The maximum Gasteiger partial charge on any atom is 0.204 e. The molecule has 5 heteroatoms. The van der Waals surface area contributed by atoms with Gasteiger partial charge in [-0.2, -0.15) is 0 Å². The van der Waals surface area contributed by atoms with Gasteiger partial charge in [-0.05, 0) is 31.9 Å². The van der Waals surface area contributed by atoms with Crippen molar-refractivity contribution in [1.82, 2.24) is 9.97 Å². The standard InChI is InChI=1S/C16H21N3O2/c1-12-9-19(10-16(21-12)7-4-8-20-11-16)15-17-13-5-2-3-6-14(13)18-15/h2-3,5-6,12H,4,7-11H2,1H3,(H,17,18). The van der Waals surface area contributed by atoms with Crippen LogP contribution in [0.25, 0.3) is 11.0 Å². The molecule has 1 spiro atoms. The lowest BCUT2D eigenvalue weighted by Gasteiger charge is -2.47. The second kappa shape index (κ2) is 5.00. The number of H-pyrrole nitrogens is 1. The number of benzene rings is 1. The third kappa shape index (κ3) is 2.40. The summed E-state index contributed by atoms with van der Waals surface area (Å²) in [7, 11) is 0. The molecule has 5 nitrogen and oxygen atoms in total. The number of nitrogens with one attached hydrogen (secondary N) is 1. The van der Waals surface area contributed by atoms with E-state index in [2.05, 4.69) is 22.9 Å². The van der Waals surface area contributed by atoms with Crippen LogP contribution >= 0.6 is 0 Å². The molecule has 0 bridgehead atoms. The van der Waals surface area contributed by atoms with Crippen molar-refractivity contribution in [3.05, 3.63) is 24.3 Å². The van der Waals surface area contributed by atoms with E-state index in [1.807, 2.05) is 18.2 Å². The van der Waals surface area contributed by atoms with Crippen LogP contribution in [0.1, 0.15) is 19.8 Å². The molecule has 0 saturated carbocycles. The second-order valence-corrected chi connectivity index (χ2v) is 6.23. The average Bonchev–Trinajstić information content (AvgIpc) is 2.91. The zero-order chi connectivity index (χ0) is 14.3. The summed E-state index contributed by atoms with van der Waals surface area (Å²) in [6.07, 6.45) is 2.32. The van der Waals surface area contributed by atoms with Gasteiger partial charge < -0.3 is 19.4 Å². The highest BCUT2D eigenvalue weighted by molar-refractivity contribution is 5.77. The second-order valence-electron chi connectivity index (χ2n) is 6.23. The maximum absolute atomic E-state index is 6.23. The number of anilines is 1. The van der Waals surface area contributed by atoms with Crippen LogP contribution in [0.4, 0.5) is 5.95 Å². The zero-order valence-electron chi connectivity index (χ0n) is 12.3. The van der Waals surface area contributed by atoms with E-state index in [1.54, 1.807) is 0 Å². The van der Waals surface area contributed by atoms with Crippen LogP contribution in [-0.4, -0.2) is 48.0 Å². The topological polar surface area (TPSA) is 50.4 Å². The summed E-state index contributed by atoms with van der Waals surface area (Å²) in [6.45, 7) is 5.38. The summed E-state index contributed by atoms with van der Waals surface area (Å²) in [6, 6.07) is 8.15. The van der Waals surface area contributed by atoms with Gasteiger partial charge in [-0.15, -0.1) is 0 Å². The van der Waals surface area contributed by atoms with E-state index in [0.29, 0.717) is 6.61 Å². The highest BCUT2D eigenvalue weighted by Crippen LogP contribution is 2.32. The fraction of sp³-hybridized carbons (Fsp3) is 0.562. The number of para-hydroxylation sites is 2. The van der Waals surface area contributed by atoms with Crippen LogP contribution in [0.2, 0.25) is 0 Å². The van der Waals surface area contributed by atoms with Crippen LogP contribution in [0.5, 0.6) is 0 Å². The fourth-order valence-electron chi connectivity index (χ4n) is 3.52. The summed E-state index contributed by atoms with van der Waals surface area (Å²) in [4.78, 5) is 10.5. The van der Waals surface area contributed by atoms with Gasteiger partial charge in [0, 0.05) is 13.2 Å². The monoisotopic (exact) mass is 287 g/mol. The SMILES string of the molecule is CC1CN(c2nc3ccccc3[nH]2)CC2(CCCOC2)O1. The molecule has 0 radical (unpaired) electrons. The fourth-order valence-corrected chi connectivity index (χ4v) is 3.52. The number of hydrogen-bond donors (Lipinski definition) is 1. The smallest absolute Gasteiger partial charge is 0.204 e. The van der Waals surface area contributed by atoms with Crippen LogP contribution in [0.3, 0.4) is 0 Å². The molecule has 21 heavy (non-hydrogen) atoms. The first-order valence-electron chi connectivity index (χ1n) is 7.69. The zero-order valence-corrected chi connectivity index (χ0v) is 12.3. The van der Waals surface area contributed by atoms with Gasteiger partial charge in [0.25, 0.3) is 0 Å². The van der Waals surface area contributed by atoms with Crippen molar-refractivity contribution in [2.24, 2.45) is 0 Å². The van der Waals surface area contributed by atoms with Crippen molar-refractivity contribution in [1.29, 1.82) is 0 Å². The number of aromatic amines is 1. The highest BCUT2D eigenvalue weighted by atomic mass is 16.6. The Kier molecular flexibility index (Phi) is 3.12. The van der Waals surface area contributed by atoms with E-state index in [9.17, 15) is 0 Å². The molecule has 2 aromatic rings. The van der Waals surface area contributed by atoms with Gasteiger partial charge in [0.05, 0.1) is 30.3 Å². The van der Waals surface area contributed by atoms with Gasteiger partial charge in [-0.1, -0.05) is 12.1 Å². The average molecular weight is 287 g/mol. The third-order valence-corrected chi connectivity index (χ3v) is 4.37.